The third-order valence-electron chi connectivity index (χ3n) is 4.31. The molecule has 0 aliphatic carbocycles. The highest BCUT2D eigenvalue weighted by Gasteiger charge is 2.21. The van der Waals surface area contributed by atoms with E-state index in [9.17, 15) is 9.59 Å². The molecule has 0 bridgehead atoms. The molecule has 152 valence electrons. The number of aromatic nitrogens is 2. The molecular formula is C20H25Cl2N3O2S. The van der Waals surface area contributed by atoms with Crippen LogP contribution in [0.5, 0.6) is 0 Å². The maximum Gasteiger partial charge on any atom is 0.254 e. The van der Waals surface area contributed by atoms with Gasteiger partial charge in [-0.25, -0.2) is 4.98 Å². The van der Waals surface area contributed by atoms with Crippen molar-refractivity contribution < 1.29 is 4.79 Å². The number of hydrogen-bond acceptors (Lipinski definition) is 4. The van der Waals surface area contributed by atoms with Gasteiger partial charge in [0, 0.05) is 35.4 Å². The Morgan fingerprint density at radius 3 is 2.68 bits per heavy atom. The van der Waals surface area contributed by atoms with Gasteiger partial charge in [0.05, 0.1) is 5.25 Å². The Balaban J connectivity index is 2.04. The molecule has 1 unspecified atom stereocenters. The summed E-state index contributed by atoms with van der Waals surface area (Å²) in [5.41, 5.74) is 1.56. The lowest BCUT2D eigenvalue weighted by molar-refractivity contribution is -0.120. The second-order valence-electron chi connectivity index (χ2n) is 6.45. The van der Waals surface area contributed by atoms with Gasteiger partial charge in [0.15, 0.2) is 5.16 Å². The maximum atomic E-state index is 12.7. The van der Waals surface area contributed by atoms with Crippen LogP contribution in [-0.2, 0) is 24.7 Å². The summed E-state index contributed by atoms with van der Waals surface area (Å²) in [5, 5.41) is 4.42. The SMILES string of the molecule is CCCC(Sc1nc(CC)cc(=O)n1C)C(=O)NCCc1ccc(Cl)cc1Cl. The summed E-state index contributed by atoms with van der Waals surface area (Å²) in [4.78, 5) is 29.3. The summed E-state index contributed by atoms with van der Waals surface area (Å²) < 4.78 is 1.49. The van der Waals surface area contributed by atoms with Crippen molar-refractivity contribution in [3.8, 4) is 0 Å². The first-order valence-corrected chi connectivity index (χ1v) is 10.9. The lowest BCUT2D eigenvalue weighted by Gasteiger charge is -2.17. The third-order valence-corrected chi connectivity index (χ3v) is 6.21. The van der Waals surface area contributed by atoms with E-state index in [1.165, 1.54) is 22.4 Å². The Morgan fingerprint density at radius 1 is 1.29 bits per heavy atom. The van der Waals surface area contributed by atoms with Crippen LogP contribution in [0.15, 0.2) is 34.2 Å². The highest BCUT2D eigenvalue weighted by atomic mass is 35.5. The minimum absolute atomic E-state index is 0.0620. The zero-order valence-corrected chi connectivity index (χ0v) is 18.6. The van der Waals surface area contributed by atoms with Crippen LogP contribution < -0.4 is 10.9 Å². The standard InChI is InChI=1S/C20H25Cl2N3O2S/c1-4-6-17(28-20-24-15(5-2)12-18(26)25(20)3)19(27)23-10-9-13-7-8-14(21)11-16(13)22/h7-8,11-12,17H,4-6,9-10H2,1-3H3,(H,23,27). The van der Waals surface area contributed by atoms with Gasteiger partial charge in [0.1, 0.15) is 0 Å². The number of thioether (sulfide) groups is 1. The van der Waals surface area contributed by atoms with Gasteiger partial charge in [-0.15, -0.1) is 0 Å². The third kappa shape index (κ3) is 6.26. The molecule has 0 fully saturated rings. The number of amides is 1. The minimum atomic E-state index is -0.309. The summed E-state index contributed by atoms with van der Waals surface area (Å²) >= 11 is 13.4. The van der Waals surface area contributed by atoms with Gasteiger partial charge < -0.3 is 5.32 Å². The Kier molecular flexibility index (Phi) is 8.86. The zero-order chi connectivity index (χ0) is 20.7. The lowest BCUT2D eigenvalue weighted by atomic mass is 10.1. The quantitative estimate of drug-likeness (QED) is 0.466. The number of nitrogens with zero attached hydrogens (tertiary/aromatic N) is 2. The fraction of sp³-hybridized carbons (Fsp3) is 0.450. The Morgan fingerprint density at radius 2 is 2.04 bits per heavy atom. The van der Waals surface area contributed by atoms with Gasteiger partial charge in [-0.1, -0.05) is 61.3 Å². The van der Waals surface area contributed by atoms with E-state index in [2.05, 4.69) is 10.3 Å². The molecule has 1 amide bonds. The van der Waals surface area contributed by atoms with E-state index < -0.39 is 0 Å². The molecule has 0 saturated carbocycles. The van der Waals surface area contributed by atoms with Gasteiger partial charge in [-0.2, -0.15) is 0 Å². The summed E-state index contributed by atoms with van der Waals surface area (Å²) in [6.07, 6.45) is 2.85. The van der Waals surface area contributed by atoms with Gasteiger partial charge in [-0.05, 0) is 37.0 Å². The molecule has 1 N–H and O–H groups in total. The average Bonchev–Trinajstić information content (AvgIpc) is 2.66. The van der Waals surface area contributed by atoms with E-state index in [4.69, 9.17) is 23.2 Å². The maximum absolute atomic E-state index is 12.7. The van der Waals surface area contributed by atoms with Gasteiger partial charge in [0.25, 0.3) is 5.56 Å². The molecule has 0 spiro atoms. The Labute approximate surface area is 179 Å². The molecule has 8 heteroatoms. The molecule has 2 aromatic rings. The van der Waals surface area contributed by atoms with Gasteiger partial charge in [0.2, 0.25) is 5.91 Å². The van der Waals surface area contributed by atoms with E-state index in [1.54, 1.807) is 19.2 Å². The van der Waals surface area contributed by atoms with Gasteiger partial charge >= 0.3 is 0 Å². The second-order valence-corrected chi connectivity index (χ2v) is 8.47. The Hall–Kier alpha value is -1.50. The monoisotopic (exact) mass is 441 g/mol. The van der Waals surface area contributed by atoms with Crippen LogP contribution in [0, 0.1) is 0 Å². The second kappa shape index (κ2) is 10.9. The van der Waals surface area contributed by atoms with Crippen LogP contribution in [0.2, 0.25) is 10.0 Å². The molecule has 5 nitrogen and oxygen atoms in total. The molecule has 28 heavy (non-hydrogen) atoms. The summed E-state index contributed by atoms with van der Waals surface area (Å²) in [6.45, 7) is 4.46. The normalized spacial score (nSPS) is 12.0. The molecule has 1 aromatic carbocycles. The van der Waals surface area contributed by atoms with Crippen molar-refractivity contribution >= 4 is 40.9 Å². The van der Waals surface area contributed by atoms with Gasteiger partial charge in [-0.3, -0.25) is 14.2 Å². The minimum Gasteiger partial charge on any atom is -0.355 e. The predicted octanol–water partition coefficient (Wildman–Crippen LogP) is 4.27. The lowest BCUT2D eigenvalue weighted by Crippen LogP contribution is -2.34. The van der Waals surface area contributed by atoms with Crippen LogP contribution >= 0.6 is 35.0 Å². The molecule has 0 saturated heterocycles. The molecular weight excluding hydrogens is 417 g/mol. The number of halogens is 2. The van der Waals surface area contributed by atoms with Crippen LogP contribution in [0.3, 0.4) is 0 Å². The number of rotatable bonds is 9. The largest absolute Gasteiger partial charge is 0.355 e. The van der Waals surface area contributed by atoms with E-state index in [0.29, 0.717) is 41.0 Å². The van der Waals surface area contributed by atoms with E-state index in [0.717, 1.165) is 17.7 Å². The number of carbonyl (C=O) groups is 1. The van der Waals surface area contributed by atoms with Crippen LogP contribution in [-0.4, -0.2) is 27.3 Å². The van der Waals surface area contributed by atoms with E-state index >= 15 is 0 Å². The molecule has 0 radical (unpaired) electrons. The van der Waals surface area contributed by atoms with Crippen molar-refractivity contribution in [2.45, 2.75) is 49.9 Å². The average molecular weight is 442 g/mol. The van der Waals surface area contributed by atoms with Crippen LogP contribution in [0.25, 0.3) is 0 Å². The highest BCUT2D eigenvalue weighted by Crippen LogP contribution is 2.25. The molecule has 0 aliphatic heterocycles. The van der Waals surface area contributed by atoms with E-state index in [-0.39, 0.29) is 16.7 Å². The van der Waals surface area contributed by atoms with Crippen molar-refractivity contribution in [3.05, 3.63) is 55.9 Å². The number of benzene rings is 1. The molecule has 0 aliphatic rings. The molecule has 1 aromatic heterocycles. The number of nitrogens with one attached hydrogen (secondary N) is 1. The van der Waals surface area contributed by atoms with Crippen molar-refractivity contribution in [2.24, 2.45) is 7.05 Å². The Bertz CT molecular complexity index is 886. The first kappa shape index (κ1) is 22.8. The summed E-state index contributed by atoms with van der Waals surface area (Å²) in [5.74, 6) is -0.0620. The number of aryl methyl sites for hydroxylation is 1. The highest BCUT2D eigenvalue weighted by molar-refractivity contribution is 8.00. The number of carbonyl (C=O) groups excluding carboxylic acids is 1. The fourth-order valence-corrected chi connectivity index (χ4v) is 4.36. The topological polar surface area (TPSA) is 64.0 Å². The van der Waals surface area contributed by atoms with Crippen molar-refractivity contribution in [3.63, 3.8) is 0 Å². The number of hydrogen-bond donors (Lipinski definition) is 1. The van der Waals surface area contributed by atoms with E-state index in [1.807, 2.05) is 19.9 Å². The first-order chi connectivity index (χ1) is 13.3. The first-order valence-electron chi connectivity index (χ1n) is 9.30. The van der Waals surface area contributed by atoms with Crippen LogP contribution in [0.4, 0.5) is 0 Å². The molecule has 1 atom stereocenters. The summed E-state index contributed by atoms with van der Waals surface area (Å²) in [6, 6.07) is 6.88. The summed E-state index contributed by atoms with van der Waals surface area (Å²) in [7, 11) is 1.68. The molecule has 2 rings (SSSR count). The molecule has 1 heterocycles. The van der Waals surface area contributed by atoms with Crippen LogP contribution in [0.1, 0.15) is 37.9 Å². The van der Waals surface area contributed by atoms with Crippen molar-refractivity contribution in [1.29, 1.82) is 0 Å². The van der Waals surface area contributed by atoms with Crippen molar-refractivity contribution in [2.75, 3.05) is 6.54 Å². The fourth-order valence-electron chi connectivity index (χ4n) is 2.64. The van der Waals surface area contributed by atoms with Crippen molar-refractivity contribution in [1.82, 2.24) is 14.9 Å². The zero-order valence-electron chi connectivity index (χ0n) is 16.3. The smallest absolute Gasteiger partial charge is 0.254 e. The predicted molar refractivity (Wildman–Crippen MR) is 117 cm³/mol.